The summed E-state index contributed by atoms with van der Waals surface area (Å²) in [5.74, 6) is 5.20. The number of amidine groups is 1. The van der Waals surface area contributed by atoms with Crippen molar-refractivity contribution in [1.29, 1.82) is 0 Å². The Balaban J connectivity index is 3.63. The molecule has 0 atom stereocenters. The Hall–Kier alpha value is -0.810. The average molecular weight is 147 g/mol. The van der Waals surface area contributed by atoms with Gasteiger partial charge < -0.3 is 21.1 Å². The Morgan fingerprint density at radius 2 is 2.00 bits per heavy atom. The number of methoxy groups -OCH3 is 2. The summed E-state index contributed by atoms with van der Waals surface area (Å²) in [7, 11) is 3.05. The first-order valence-electron chi connectivity index (χ1n) is 2.82. The largest absolute Gasteiger partial charge is 0.386 e. The zero-order valence-corrected chi connectivity index (χ0v) is 6.20. The molecule has 0 aliphatic carbocycles. The molecule has 0 aliphatic rings. The van der Waals surface area contributed by atoms with Crippen LogP contribution < -0.4 is 11.6 Å². The van der Waals surface area contributed by atoms with Gasteiger partial charge in [0.1, 0.15) is 5.84 Å². The van der Waals surface area contributed by atoms with Gasteiger partial charge in [0, 0.05) is 14.2 Å². The Labute approximate surface area is 60.0 Å². The fourth-order valence-electron chi connectivity index (χ4n) is 0.486. The molecule has 0 radical (unpaired) electrons. The standard InChI is InChI=1S/C5H13N3O2/c1-9-5(10-2)3-4(6)8-7/h5H,3,7H2,1-2H3,(H2,6,8). The second kappa shape index (κ2) is 5.01. The van der Waals surface area contributed by atoms with Crippen LogP contribution in [0.4, 0.5) is 0 Å². The zero-order valence-electron chi connectivity index (χ0n) is 6.20. The van der Waals surface area contributed by atoms with Crippen molar-refractivity contribution in [3.63, 3.8) is 0 Å². The van der Waals surface area contributed by atoms with Gasteiger partial charge in [-0.15, -0.1) is 0 Å². The molecule has 0 heterocycles. The van der Waals surface area contributed by atoms with Crippen molar-refractivity contribution in [2.45, 2.75) is 12.7 Å². The lowest BCUT2D eigenvalue weighted by atomic mass is 10.4. The predicted octanol–water partition coefficient (Wildman–Crippen LogP) is -0.774. The van der Waals surface area contributed by atoms with E-state index in [1.165, 1.54) is 14.2 Å². The lowest BCUT2D eigenvalue weighted by Gasteiger charge is -2.11. The van der Waals surface area contributed by atoms with E-state index in [4.69, 9.17) is 21.1 Å². The first kappa shape index (κ1) is 9.19. The molecule has 5 nitrogen and oxygen atoms in total. The highest BCUT2D eigenvalue weighted by Crippen LogP contribution is 1.95. The van der Waals surface area contributed by atoms with Crippen molar-refractivity contribution in [1.82, 2.24) is 0 Å². The van der Waals surface area contributed by atoms with Gasteiger partial charge in [-0.3, -0.25) is 0 Å². The number of hydrogen-bond acceptors (Lipinski definition) is 4. The van der Waals surface area contributed by atoms with E-state index in [1.54, 1.807) is 0 Å². The summed E-state index contributed by atoms with van der Waals surface area (Å²) >= 11 is 0. The van der Waals surface area contributed by atoms with Crippen molar-refractivity contribution in [2.75, 3.05) is 14.2 Å². The summed E-state index contributed by atoms with van der Waals surface area (Å²) in [6.07, 6.45) is 0.0380. The van der Waals surface area contributed by atoms with Gasteiger partial charge in [-0.2, -0.15) is 5.10 Å². The van der Waals surface area contributed by atoms with Crippen molar-refractivity contribution < 1.29 is 9.47 Å². The number of ether oxygens (including phenoxy) is 2. The molecule has 0 rings (SSSR count). The third-order valence-corrected chi connectivity index (χ3v) is 1.07. The summed E-state index contributed by atoms with van der Waals surface area (Å²) in [6, 6.07) is 0. The molecule has 0 aliphatic heterocycles. The van der Waals surface area contributed by atoms with Crippen LogP contribution in [0.1, 0.15) is 6.42 Å². The molecule has 0 fully saturated rings. The number of nitrogens with zero attached hydrogens (tertiary/aromatic N) is 1. The van der Waals surface area contributed by atoms with Gasteiger partial charge in [0.2, 0.25) is 0 Å². The average Bonchev–Trinajstić information content (AvgIpc) is 1.99. The van der Waals surface area contributed by atoms with Gasteiger partial charge in [0.05, 0.1) is 6.42 Å². The van der Waals surface area contributed by atoms with E-state index in [9.17, 15) is 0 Å². The normalized spacial score (nSPS) is 12.5. The number of rotatable bonds is 4. The molecule has 0 aromatic rings. The van der Waals surface area contributed by atoms with Crippen LogP contribution in [-0.2, 0) is 9.47 Å². The molecule has 60 valence electrons. The van der Waals surface area contributed by atoms with Crippen LogP contribution in [-0.4, -0.2) is 26.3 Å². The molecule has 0 aromatic heterocycles. The Morgan fingerprint density at radius 3 is 2.30 bits per heavy atom. The molecule has 10 heavy (non-hydrogen) atoms. The van der Waals surface area contributed by atoms with Crippen LogP contribution in [0.2, 0.25) is 0 Å². The lowest BCUT2D eigenvalue weighted by molar-refractivity contribution is -0.0959. The fraction of sp³-hybridized carbons (Fsp3) is 0.800. The smallest absolute Gasteiger partial charge is 0.163 e. The molecule has 0 bridgehead atoms. The Morgan fingerprint density at radius 1 is 1.50 bits per heavy atom. The zero-order chi connectivity index (χ0) is 7.98. The van der Waals surface area contributed by atoms with Gasteiger partial charge in [-0.25, -0.2) is 0 Å². The van der Waals surface area contributed by atoms with Crippen LogP contribution in [0.15, 0.2) is 5.10 Å². The van der Waals surface area contributed by atoms with Gasteiger partial charge >= 0.3 is 0 Å². The van der Waals surface area contributed by atoms with Gasteiger partial charge in [-0.1, -0.05) is 0 Å². The molecule has 0 aromatic carbocycles. The second-order valence-corrected chi connectivity index (χ2v) is 1.73. The van der Waals surface area contributed by atoms with Crippen LogP contribution in [0.5, 0.6) is 0 Å². The summed E-state index contributed by atoms with van der Waals surface area (Å²) in [5.41, 5.74) is 5.29. The summed E-state index contributed by atoms with van der Waals surface area (Å²) in [5, 5.41) is 3.26. The molecule has 0 saturated carbocycles. The first-order valence-corrected chi connectivity index (χ1v) is 2.82. The maximum absolute atomic E-state index is 5.29. The molecule has 5 heteroatoms. The van der Waals surface area contributed by atoms with Crippen molar-refractivity contribution in [2.24, 2.45) is 16.7 Å². The summed E-state index contributed by atoms with van der Waals surface area (Å²) in [4.78, 5) is 0. The maximum atomic E-state index is 5.29. The predicted molar refractivity (Wildman–Crippen MR) is 38.2 cm³/mol. The molecular weight excluding hydrogens is 134 g/mol. The SMILES string of the molecule is COC(C/C(N)=N/N)OC. The van der Waals surface area contributed by atoms with Crippen molar-refractivity contribution >= 4 is 5.84 Å². The van der Waals surface area contributed by atoms with Crippen LogP contribution in [0.3, 0.4) is 0 Å². The molecule has 0 spiro atoms. The van der Waals surface area contributed by atoms with Gasteiger partial charge in [0.25, 0.3) is 0 Å². The van der Waals surface area contributed by atoms with Crippen LogP contribution in [0.25, 0.3) is 0 Å². The van der Waals surface area contributed by atoms with E-state index < -0.39 is 0 Å². The van der Waals surface area contributed by atoms with Crippen molar-refractivity contribution in [3.05, 3.63) is 0 Å². The third-order valence-electron chi connectivity index (χ3n) is 1.07. The van der Waals surface area contributed by atoms with E-state index in [-0.39, 0.29) is 6.29 Å². The lowest BCUT2D eigenvalue weighted by Crippen LogP contribution is -2.24. The third kappa shape index (κ3) is 3.26. The minimum absolute atomic E-state index is 0.314. The Kier molecular flexibility index (Phi) is 4.61. The maximum Gasteiger partial charge on any atom is 0.163 e. The quantitative estimate of drug-likeness (QED) is 0.180. The minimum atomic E-state index is -0.354. The number of nitrogens with two attached hydrogens (primary N) is 2. The highest BCUT2D eigenvalue weighted by molar-refractivity contribution is 5.80. The second-order valence-electron chi connectivity index (χ2n) is 1.73. The molecule has 0 amide bonds. The highest BCUT2D eigenvalue weighted by atomic mass is 16.7. The monoisotopic (exact) mass is 147 g/mol. The topological polar surface area (TPSA) is 82.9 Å². The van der Waals surface area contributed by atoms with E-state index >= 15 is 0 Å². The molecule has 0 unspecified atom stereocenters. The van der Waals surface area contributed by atoms with Crippen LogP contribution in [0, 0.1) is 0 Å². The van der Waals surface area contributed by atoms with E-state index in [0.29, 0.717) is 12.3 Å². The number of hydrogen-bond donors (Lipinski definition) is 2. The first-order chi connectivity index (χ1) is 4.74. The fourth-order valence-corrected chi connectivity index (χ4v) is 0.486. The van der Waals surface area contributed by atoms with E-state index in [0.717, 1.165) is 0 Å². The molecular formula is C5H13N3O2. The minimum Gasteiger partial charge on any atom is -0.386 e. The highest BCUT2D eigenvalue weighted by Gasteiger charge is 2.06. The molecule has 0 saturated heterocycles. The summed E-state index contributed by atoms with van der Waals surface area (Å²) < 4.78 is 9.67. The Bertz CT molecular complexity index is 111. The molecule has 4 N–H and O–H groups in total. The van der Waals surface area contributed by atoms with Gasteiger partial charge in [-0.05, 0) is 0 Å². The number of hydrazone groups is 1. The summed E-state index contributed by atoms with van der Waals surface area (Å²) in [6.45, 7) is 0. The van der Waals surface area contributed by atoms with Crippen LogP contribution >= 0.6 is 0 Å². The van der Waals surface area contributed by atoms with E-state index in [2.05, 4.69) is 5.10 Å². The van der Waals surface area contributed by atoms with Crippen molar-refractivity contribution in [3.8, 4) is 0 Å². The van der Waals surface area contributed by atoms with Gasteiger partial charge in [0.15, 0.2) is 6.29 Å². The van der Waals surface area contributed by atoms with E-state index in [1.807, 2.05) is 0 Å².